The van der Waals surface area contributed by atoms with Crippen LogP contribution in [0.25, 0.3) is 127 Å². The number of aromatic nitrogens is 3. The second-order valence-electron chi connectivity index (χ2n) is 17.3. The van der Waals surface area contributed by atoms with E-state index >= 15 is 0 Å². The first kappa shape index (κ1) is 38.5. The molecule has 3 nitrogen and oxygen atoms in total. The van der Waals surface area contributed by atoms with Crippen LogP contribution in [-0.2, 0) is 0 Å². The van der Waals surface area contributed by atoms with E-state index in [0.717, 1.165) is 78.2 Å². The van der Waals surface area contributed by atoms with Gasteiger partial charge in [-0.2, -0.15) is 0 Å². The van der Waals surface area contributed by atoms with Crippen LogP contribution in [0.4, 0.5) is 0 Å². The maximum Gasteiger partial charge on any atom is 0.160 e. The molecule has 0 unspecified atom stereocenters. The summed E-state index contributed by atoms with van der Waals surface area (Å²) in [6, 6.07) is 89.6. The summed E-state index contributed by atoms with van der Waals surface area (Å²) >= 11 is 0. The van der Waals surface area contributed by atoms with Gasteiger partial charge in [0.1, 0.15) is 0 Å². The molecule has 13 rings (SSSR count). The molecule has 0 spiro atoms. The highest BCUT2D eigenvalue weighted by Gasteiger charge is 2.19. The second kappa shape index (κ2) is 16.0. The Labute approximate surface area is 388 Å². The normalized spacial score (nSPS) is 11.6. The van der Waals surface area contributed by atoms with Crippen LogP contribution >= 0.6 is 0 Å². The lowest BCUT2D eigenvalue weighted by Crippen LogP contribution is -1.99. The van der Waals surface area contributed by atoms with E-state index in [9.17, 15) is 0 Å². The number of para-hydroxylation sites is 2. The molecule has 0 aliphatic rings. The number of hydrogen-bond acceptors (Lipinski definition) is 2. The number of rotatable bonds is 7. The second-order valence-corrected chi connectivity index (χ2v) is 17.3. The van der Waals surface area contributed by atoms with Crippen molar-refractivity contribution in [2.75, 3.05) is 0 Å². The van der Waals surface area contributed by atoms with Gasteiger partial charge in [-0.25, -0.2) is 9.97 Å². The first-order chi connectivity index (χ1) is 33.2. The zero-order chi connectivity index (χ0) is 44.3. The fourth-order valence-corrected chi connectivity index (χ4v) is 10.2. The molecule has 2 aromatic heterocycles. The van der Waals surface area contributed by atoms with Crippen molar-refractivity contribution in [3.63, 3.8) is 0 Å². The molecule has 0 atom stereocenters. The van der Waals surface area contributed by atoms with Crippen LogP contribution < -0.4 is 0 Å². The minimum absolute atomic E-state index is 0.673. The highest BCUT2D eigenvalue weighted by molar-refractivity contribution is 6.25. The molecule has 3 heteroatoms. The van der Waals surface area contributed by atoms with Crippen molar-refractivity contribution >= 4 is 54.1 Å². The summed E-state index contributed by atoms with van der Waals surface area (Å²) in [7, 11) is 0. The Balaban J connectivity index is 1.08. The van der Waals surface area contributed by atoms with Crippen molar-refractivity contribution < 1.29 is 0 Å². The van der Waals surface area contributed by atoms with Gasteiger partial charge in [-0.15, -0.1) is 0 Å². The zero-order valence-corrected chi connectivity index (χ0v) is 36.5. The lowest BCUT2D eigenvalue weighted by molar-refractivity contribution is 1.16. The first-order valence-electron chi connectivity index (χ1n) is 22.9. The molecule has 0 aliphatic heterocycles. The molecular formula is C64H41N3. The fraction of sp³-hybridized carbons (Fsp3) is 0. The third-order valence-electron chi connectivity index (χ3n) is 13.3. The van der Waals surface area contributed by atoms with Crippen LogP contribution in [0, 0.1) is 0 Å². The first-order valence-corrected chi connectivity index (χ1v) is 22.9. The third-order valence-corrected chi connectivity index (χ3v) is 13.3. The van der Waals surface area contributed by atoms with E-state index in [1.54, 1.807) is 0 Å². The number of fused-ring (bicyclic) bond motifs is 9. The van der Waals surface area contributed by atoms with Crippen molar-refractivity contribution in [3.05, 3.63) is 249 Å². The van der Waals surface area contributed by atoms with Crippen molar-refractivity contribution in [1.82, 2.24) is 14.5 Å². The van der Waals surface area contributed by atoms with Crippen molar-refractivity contribution in [1.29, 1.82) is 0 Å². The number of hydrogen-bond donors (Lipinski definition) is 0. The summed E-state index contributed by atoms with van der Waals surface area (Å²) in [6.45, 7) is 0. The molecule has 0 N–H and O–H groups in total. The van der Waals surface area contributed by atoms with E-state index in [4.69, 9.17) is 9.97 Å². The Morgan fingerprint density at radius 1 is 0.224 bits per heavy atom. The van der Waals surface area contributed by atoms with Gasteiger partial charge in [-0.1, -0.05) is 188 Å². The third kappa shape index (κ3) is 6.76. The molecule has 0 radical (unpaired) electrons. The molecule has 312 valence electrons. The fourth-order valence-electron chi connectivity index (χ4n) is 10.2. The number of benzene rings is 11. The summed E-state index contributed by atoms with van der Waals surface area (Å²) in [6.07, 6.45) is 0. The van der Waals surface area contributed by atoms with Gasteiger partial charge in [0.25, 0.3) is 0 Å². The Kier molecular flexibility index (Phi) is 9.17. The van der Waals surface area contributed by atoms with Crippen LogP contribution in [-0.4, -0.2) is 14.5 Å². The highest BCUT2D eigenvalue weighted by atomic mass is 15.0. The molecule has 0 aliphatic carbocycles. The van der Waals surface area contributed by atoms with Crippen molar-refractivity contribution in [3.8, 4) is 73.0 Å². The predicted octanol–water partition coefficient (Wildman–Crippen LogP) is 17.0. The molecular weight excluding hydrogens is 811 g/mol. The molecule has 0 amide bonds. The SMILES string of the molecule is c1ccc(-c2cc(-c3ccccc3)cc(-c3cc(-c4cc(-c5ccc6c7ccccc7c7ccccc7c6c5)cc(-n5c6ccccc6c6ccccc65)c4)nc(-c4ccccc4)n3)c2)cc1. The van der Waals surface area contributed by atoms with E-state index in [1.165, 1.54) is 43.1 Å². The van der Waals surface area contributed by atoms with Gasteiger partial charge in [-0.05, 0) is 126 Å². The average molecular weight is 852 g/mol. The van der Waals surface area contributed by atoms with Gasteiger partial charge in [0.05, 0.1) is 22.4 Å². The largest absolute Gasteiger partial charge is 0.309 e. The topological polar surface area (TPSA) is 30.7 Å². The highest BCUT2D eigenvalue weighted by Crippen LogP contribution is 2.41. The molecule has 0 saturated heterocycles. The predicted molar refractivity (Wildman–Crippen MR) is 282 cm³/mol. The van der Waals surface area contributed by atoms with Crippen LogP contribution in [0.5, 0.6) is 0 Å². The summed E-state index contributed by atoms with van der Waals surface area (Å²) in [5, 5.41) is 9.96. The zero-order valence-electron chi connectivity index (χ0n) is 36.5. The van der Waals surface area contributed by atoms with Gasteiger partial charge in [-0.3, -0.25) is 0 Å². The molecule has 67 heavy (non-hydrogen) atoms. The molecule has 2 heterocycles. The van der Waals surface area contributed by atoms with Gasteiger partial charge >= 0.3 is 0 Å². The lowest BCUT2D eigenvalue weighted by atomic mass is 9.91. The summed E-state index contributed by atoms with van der Waals surface area (Å²) < 4.78 is 2.41. The Hall–Kier alpha value is -8.92. The smallest absolute Gasteiger partial charge is 0.160 e. The Bertz CT molecular complexity index is 3870. The van der Waals surface area contributed by atoms with Crippen LogP contribution in [0.15, 0.2) is 249 Å². The van der Waals surface area contributed by atoms with E-state index in [0.29, 0.717) is 5.82 Å². The van der Waals surface area contributed by atoms with E-state index in [1.807, 2.05) is 6.07 Å². The molecule has 0 saturated carbocycles. The number of nitrogens with zero attached hydrogens (tertiary/aromatic N) is 3. The van der Waals surface area contributed by atoms with Gasteiger partial charge in [0.2, 0.25) is 0 Å². The van der Waals surface area contributed by atoms with Gasteiger partial charge in [0, 0.05) is 33.2 Å². The quantitative estimate of drug-likeness (QED) is 0.150. The van der Waals surface area contributed by atoms with E-state index < -0.39 is 0 Å². The van der Waals surface area contributed by atoms with Crippen molar-refractivity contribution in [2.45, 2.75) is 0 Å². The van der Waals surface area contributed by atoms with Gasteiger partial charge in [0.15, 0.2) is 5.82 Å². The summed E-state index contributed by atoms with van der Waals surface area (Å²) in [5.41, 5.74) is 14.9. The average Bonchev–Trinajstić information content (AvgIpc) is 3.75. The monoisotopic (exact) mass is 851 g/mol. The standard InChI is InChI=1S/C64H41N3/c1-4-18-42(19-5-1)46-34-47(43-20-6-2-7-21-43)36-49(35-46)60-41-61(66-64(65-60)44-22-8-3-9-23-44)50-37-48(38-51(39-50)67-62-30-16-14-28-57(62)58-29-15-17-31-63(58)67)45-32-33-56-54-26-11-10-24-52(54)53-25-12-13-27-55(53)59(56)40-45/h1-41H. The van der Waals surface area contributed by atoms with Crippen LogP contribution in [0.1, 0.15) is 0 Å². The molecule has 13 aromatic rings. The summed E-state index contributed by atoms with van der Waals surface area (Å²) in [4.78, 5) is 10.8. The maximum absolute atomic E-state index is 5.45. The maximum atomic E-state index is 5.45. The Morgan fingerprint density at radius 2 is 0.597 bits per heavy atom. The summed E-state index contributed by atoms with van der Waals surface area (Å²) in [5.74, 6) is 0.673. The van der Waals surface area contributed by atoms with Crippen molar-refractivity contribution in [2.24, 2.45) is 0 Å². The van der Waals surface area contributed by atoms with Gasteiger partial charge < -0.3 is 4.57 Å². The Morgan fingerprint density at radius 3 is 1.12 bits per heavy atom. The van der Waals surface area contributed by atoms with Crippen LogP contribution in [0.3, 0.4) is 0 Å². The minimum Gasteiger partial charge on any atom is -0.309 e. The molecule has 0 fully saturated rings. The molecule has 0 bridgehead atoms. The lowest BCUT2D eigenvalue weighted by Gasteiger charge is -2.16. The van der Waals surface area contributed by atoms with E-state index in [-0.39, 0.29) is 0 Å². The van der Waals surface area contributed by atoms with Crippen LogP contribution in [0.2, 0.25) is 0 Å². The minimum atomic E-state index is 0.673. The van der Waals surface area contributed by atoms with E-state index in [2.05, 4.69) is 247 Å². The molecule has 11 aromatic carbocycles.